The maximum atomic E-state index is 13.5. The number of hydrogen-bond acceptors (Lipinski definition) is 2. The molecular weight excluding hydrogens is 275 g/mol. The Morgan fingerprint density at radius 3 is 2.94 bits per heavy atom. The van der Waals surface area contributed by atoms with Crippen molar-refractivity contribution in [2.45, 2.75) is 31.8 Å². The second kappa shape index (κ2) is 4.95. The summed E-state index contributed by atoms with van der Waals surface area (Å²) < 4.78 is 19.6. The first kappa shape index (κ1) is 11.6. The third kappa shape index (κ3) is 2.82. The van der Waals surface area contributed by atoms with Gasteiger partial charge in [0.15, 0.2) is 11.6 Å². The Bertz CT molecular complexity index is 406. The maximum Gasteiger partial charge on any atom is 0.166 e. The van der Waals surface area contributed by atoms with Gasteiger partial charge in [0.25, 0.3) is 0 Å². The number of benzene rings is 1. The van der Waals surface area contributed by atoms with Crippen LogP contribution in [0.25, 0.3) is 0 Å². The van der Waals surface area contributed by atoms with Crippen LogP contribution in [0.2, 0.25) is 0 Å². The van der Waals surface area contributed by atoms with Gasteiger partial charge in [-0.15, -0.1) is 0 Å². The predicted octanol–water partition coefficient (Wildman–Crippen LogP) is 3.48. The minimum Gasteiger partial charge on any atom is -0.487 e. The van der Waals surface area contributed by atoms with Crippen molar-refractivity contribution in [2.75, 3.05) is 0 Å². The third-order valence-corrected chi connectivity index (χ3v) is 3.12. The van der Waals surface area contributed by atoms with Crippen LogP contribution in [-0.2, 0) is 4.79 Å². The molecule has 0 saturated heterocycles. The van der Waals surface area contributed by atoms with E-state index in [1.54, 1.807) is 12.1 Å². The molecule has 86 valence electrons. The topological polar surface area (TPSA) is 26.3 Å². The first-order valence-corrected chi connectivity index (χ1v) is 6.08. The molecule has 1 atom stereocenters. The summed E-state index contributed by atoms with van der Waals surface area (Å²) in [6.07, 6.45) is 2.51. The Morgan fingerprint density at radius 2 is 2.25 bits per heavy atom. The van der Waals surface area contributed by atoms with Gasteiger partial charge in [0.05, 0.1) is 0 Å². The standard InChI is InChI=1S/C12H12BrFO2/c13-8-4-5-12(11(14)6-8)16-10-3-1-2-9(15)7-10/h4-6,10H,1-3,7H2. The van der Waals surface area contributed by atoms with Gasteiger partial charge in [0.1, 0.15) is 11.9 Å². The molecule has 1 aliphatic carbocycles. The van der Waals surface area contributed by atoms with Gasteiger partial charge in [0, 0.05) is 17.3 Å². The molecule has 16 heavy (non-hydrogen) atoms. The molecule has 0 heterocycles. The fourth-order valence-electron chi connectivity index (χ4n) is 1.84. The lowest BCUT2D eigenvalue weighted by atomic mass is 9.96. The summed E-state index contributed by atoms with van der Waals surface area (Å²) >= 11 is 3.18. The molecule has 0 spiro atoms. The summed E-state index contributed by atoms with van der Waals surface area (Å²) in [5.74, 6) is 0.0315. The molecule has 1 aromatic carbocycles. The van der Waals surface area contributed by atoms with Crippen molar-refractivity contribution < 1.29 is 13.9 Å². The van der Waals surface area contributed by atoms with E-state index < -0.39 is 5.82 Å². The third-order valence-electron chi connectivity index (χ3n) is 2.62. The van der Waals surface area contributed by atoms with Crippen LogP contribution in [0, 0.1) is 5.82 Å². The second-order valence-electron chi connectivity index (χ2n) is 3.95. The van der Waals surface area contributed by atoms with E-state index in [9.17, 15) is 9.18 Å². The van der Waals surface area contributed by atoms with E-state index in [-0.39, 0.29) is 17.6 Å². The lowest BCUT2D eigenvalue weighted by Gasteiger charge is -2.22. The molecule has 2 rings (SSSR count). The minimum atomic E-state index is -0.396. The summed E-state index contributed by atoms with van der Waals surface area (Å²) in [5, 5.41) is 0. The zero-order valence-corrected chi connectivity index (χ0v) is 10.3. The van der Waals surface area contributed by atoms with Crippen LogP contribution in [0.3, 0.4) is 0 Å². The molecule has 1 saturated carbocycles. The first-order chi connectivity index (χ1) is 7.65. The number of carbonyl (C=O) groups excluding carboxylic acids is 1. The molecule has 1 aliphatic rings. The van der Waals surface area contributed by atoms with Crippen molar-refractivity contribution in [2.24, 2.45) is 0 Å². The van der Waals surface area contributed by atoms with Gasteiger partial charge in [-0.2, -0.15) is 0 Å². The van der Waals surface area contributed by atoms with Gasteiger partial charge in [0.2, 0.25) is 0 Å². The first-order valence-electron chi connectivity index (χ1n) is 5.28. The summed E-state index contributed by atoms with van der Waals surface area (Å²) in [5.41, 5.74) is 0. The summed E-state index contributed by atoms with van der Waals surface area (Å²) in [4.78, 5) is 11.2. The van der Waals surface area contributed by atoms with Crippen molar-refractivity contribution in [3.63, 3.8) is 0 Å². The number of ketones is 1. The normalized spacial score (nSPS) is 20.9. The van der Waals surface area contributed by atoms with Gasteiger partial charge < -0.3 is 4.74 Å². The van der Waals surface area contributed by atoms with Crippen LogP contribution in [0.15, 0.2) is 22.7 Å². The van der Waals surface area contributed by atoms with Gasteiger partial charge in [-0.05, 0) is 31.0 Å². The fraction of sp³-hybridized carbons (Fsp3) is 0.417. The van der Waals surface area contributed by atoms with Crippen LogP contribution >= 0.6 is 15.9 Å². The Hall–Kier alpha value is -0.900. The molecule has 1 aromatic rings. The molecule has 0 bridgehead atoms. The monoisotopic (exact) mass is 286 g/mol. The average molecular weight is 287 g/mol. The lowest BCUT2D eigenvalue weighted by Crippen LogP contribution is -2.25. The van der Waals surface area contributed by atoms with E-state index in [4.69, 9.17) is 4.74 Å². The van der Waals surface area contributed by atoms with Crippen molar-refractivity contribution in [1.29, 1.82) is 0 Å². The molecular formula is C12H12BrFO2. The van der Waals surface area contributed by atoms with Gasteiger partial charge >= 0.3 is 0 Å². The van der Waals surface area contributed by atoms with E-state index in [0.29, 0.717) is 17.3 Å². The van der Waals surface area contributed by atoms with E-state index in [1.807, 2.05) is 0 Å². The van der Waals surface area contributed by atoms with Crippen LogP contribution < -0.4 is 4.74 Å². The highest BCUT2D eigenvalue weighted by Crippen LogP contribution is 2.26. The molecule has 2 nitrogen and oxygen atoms in total. The van der Waals surface area contributed by atoms with Crippen LogP contribution in [0.5, 0.6) is 5.75 Å². The summed E-state index contributed by atoms with van der Waals surface area (Å²) in [6.45, 7) is 0. The predicted molar refractivity (Wildman–Crippen MR) is 62.0 cm³/mol. The van der Waals surface area contributed by atoms with Crippen LogP contribution in [0.4, 0.5) is 4.39 Å². The van der Waals surface area contributed by atoms with E-state index in [2.05, 4.69) is 15.9 Å². The molecule has 1 unspecified atom stereocenters. The molecule has 0 N–H and O–H groups in total. The lowest BCUT2D eigenvalue weighted by molar-refractivity contribution is -0.122. The Morgan fingerprint density at radius 1 is 1.44 bits per heavy atom. The van der Waals surface area contributed by atoms with Gasteiger partial charge in [-0.25, -0.2) is 4.39 Å². The maximum absolute atomic E-state index is 13.5. The van der Waals surface area contributed by atoms with Crippen molar-refractivity contribution >= 4 is 21.7 Å². The van der Waals surface area contributed by atoms with E-state index >= 15 is 0 Å². The number of rotatable bonds is 2. The summed E-state index contributed by atoms with van der Waals surface area (Å²) in [7, 11) is 0. The zero-order valence-electron chi connectivity index (χ0n) is 8.71. The smallest absolute Gasteiger partial charge is 0.166 e. The van der Waals surface area contributed by atoms with Crippen molar-refractivity contribution in [3.05, 3.63) is 28.5 Å². The largest absolute Gasteiger partial charge is 0.487 e. The quantitative estimate of drug-likeness (QED) is 0.832. The highest BCUT2D eigenvalue weighted by molar-refractivity contribution is 9.10. The van der Waals surface area contributed by atoms with Crippen molar-refractivity contribution in [3.8, 4) is 5.75 Å². The van der Waals surface area contributed by atoms with Crippen molar-refractivity contribution in [1.82, 2.24) is 0 Å². The molecule has 0 aromatic heterocycles. The molecule has 0 amide bonds. The van der Waals surface area contributed by atoms with Crippen LogP contribution in [-0.4, -0.2) is 11.9 Å². The number of hydrogen-bond donors (Lipinski definition) is 0. The van der Waals surface area contributed by atoms with E-state index in [0.717, 1.165) is 12.8 Å². The number of halogens is 2. The highest BCUT2D eigenvalue weighted by atomic mass is 79.9. The number of carbonyl (C=O) groups is 1. The second-order valence-corrected chi connectivity index (χ2v) is 4.87. The minimum absolute atomic E-state index is 0.170. The summed E-state index contributed by atoms with van der Waals surface area (Å²) in [6, 6.07) is 4.67. The van der Waals surface area contributed by atoms with Gasteiger partial charge in [-0.1, -0.05) is 15.9 Å². The number of ether oxygens (including phenoxy) is 1. The highest BCUT2D eigenvalue weighted by Gasteiger charge is 2.21. The van der Waals surface area contributed by atoms with E-state index in [1.165, 1.54) is 6.07 Å². The fourth-order valence-corrected chi connectivity index (χ4v) is 2.17. The SMILES string of the molecule is O=C1CCCC(Oc2ccc(Br)cc2F)C1. The Labute approximate surface area is 102 Å². The molecule has 1 fully saturated rings. The Balaban J connectivity index is 2.05. The Kier molecular flexibility index (Phi) is 3.59. The molecule has 4 heteroatoms. The number of Topliss-reactive ketones (excluding diaryl/α,β-unsaturated/α-hetero) is 1. The molecule has 0 radical (unpaired) electrons. The zero-order chi connectivity index (χ0) is 11.5. The average Bonchev–Trinajstić information content (AvgIpc) is 2.22. The van der Waals surface area contributed by atoms with Gasteiger partial charge in [-0.3, -0.25) is 4.79 Å². The van der Waals surface area contributed by atoms with Crippen LogP contribution in [0.1, 0.15) is 25.7 Å². The molecule has 0 aliphatic heterocycles.